The quantitative estimate of drug-likeness (QED) is 0.343. The molecule has 200 valence electrons. The van der Waals surface area contributed by atoms with E-state index in [2.05, 4.69) is 9.71 Å². The fraction of sp³-hybridized carbons (Fsp3) is 0.400. The molecule has 2 N–H and O–H groups in total. The van der Waals surface area contributed by atoms with E-state index in [9.17, 15) is 13.2 Å². The summed E-state index contributed by atoms with van der Waals surface area (Å²) in [6.45, 7) is 5.55. The Morgan fingerprint density at radius 2 is 1.68 bits per heavy atom. The van der Waals surface area contributed by atoms with Gasteiger partial charge in [0.25, 0.3) is 15.9 Å². The molecular weight excluding hydrogens is 547 g/mol. The van der Waals surface area contributed by atoms with E-state index < -0.39 is 33.6 Å². The van der Waals surface area contributed by atoms with Crippen LogP contribution in [0.3, 0.4) is 0 Å². The molecule has 37 heavy (non-hydrogen) atoms. The van der Waals surface area contributed by atoms with E-state index in [1.807, 2.05) is 0 Å². The van der Waals surface area contributed by atoms with Gasteiger partial charge in [-0.1, -0.05) is 35.3 Å². The van der Waals surface area contributed by atoms with Crippen LogP contribution < -0.4 is 4.72 Å². The van der Waals surface area contributed by atoms with E-state index in [1.54, 1.807) is 20.8 Å². The summed E-state index contributed by atoms with van der Waals surface area (Å²) in [6.07, 6.45) is 1.17. The lowest BCUT2D eigenvalue weighted by molar-refractivity contribution is -0.0861. The van der Waals surface area contributed by atoms with Crippen molar-refractivity contribution in [1.29, 1.82) is 0 Å². The SMILES string of the molecule is CC(C)(C)OC(=O)N1CCC(C(F)(F)c2ccc(S(=O)(=O)Nc3ccc(Cl)c4c(Cl)c[nH]c34)cc2)CC1. The van der Waals surface area contributed by atoms with Gasteiger partial charge in [-0.25, -0.2) is 22.0 Å². The van der Waals surface area contributed by atoms with E-state index >= 15 is 8.78 Å². The predicted octanol–water partition coefficient (Wildman–Crippen LogP) is 7.01. The number of sulfonamides is 1. The average Bonchev–Trinajstić information content (AvgIpc) is 3.22. The van der Waals surface area contributed by atoms with Crippen molar-refractivity contribution in [3.8, 4) is 0 Å². The molecule has 1 aliphatic heterocycles. The number of nitrogens with one attached hydrogen (secondary N) is 2. The topological polar surface area (TPSA) is 91.5 Å². The zero-order valence-corrected chi connectivity index (χ0v) is 22.8. The maximum absolute atomic E-state index is 15.3. The summed E-state index contributed by atoms with van der Waals surface area (Å²) in [5, 5.41) is 1.16. The van der Waals surface area contributed by atoms with Crippen molar-refractivity contribution < 1.29 is 26.7 Å². The Hall–Kier alpha value is -2.56. The van der Waals surface area contributed by atoms with Crippen molar-refractivity contribution in [3.05, 3.63) is 58.2 Å². The molecule has 0 radical (unpaired) electrons. The third-order valence-electron chi connectivity index (χ3n) is 6.19. The standard InChI is InChI=1S/C25H27Cl2F2N3O4S/c1-24(2,3)36-23(33)32-12-10-16(11-13-32)25(28,29)15-4-6-17(7-5-15)37(34,35)31-20-9-8-18(26)21-19(27)14-30-22(20)21/h4-9,14,16,30-31H,10-13H2,1-3H3. The number of anilines is 1. The van der Waals surface area contributed by atoms with E-state index in [0.29, 0.717) is 20.9 Å². The number of halogens is 4. The smallest absolute Gasteiger partial charge is 0.410 e. The number of hydrogen-bond donors (Lipinski definition) is 2. The van der Waals surface area contributed by atoms with E-state index in [0.717, 1.165) is 24.3 Å². The molecule has 1 aliphatic rings. The number of amides is 1. The second kappa shape index (κ2) is 9.96. The minimum Gasteiger partial charge on any atom is -0.444 e. The van der Waals surface area contributed by atoms with Crippen LogP contribution in [0.4, 0.5) is 19.3 Å². The van der Waals surface area contributed by atoms with Crippen LogP contribution in [0.25, 0.3) is 10.9 Å². The number of likely N-dealkylation sites (tertiary alicyclic amines) is 1. The highest BCUT2D eigenvalue weighted by molar-refractivity contribution is 7.92. The average molecular weight is 574 g/mol. The first-order valence-corrected chi connectivity index (χ1v) is 13.9. The van der Waals surface area contributed by atoms with Crippen LogP contribution in [0, 0.1) is 5.92 Å². The molecule has 0 unspecified atom stereocenters. The number of hydrogen-bond acceptors (Lipinski definition) is 4. The van der Waals surface area contributed by atoms with Gasteiger partial charge in [0, 0.05) is 36.2 Å². The summed E-state index contributed by atoms with van der Waals surface area (Å²) in [7, 11) is -4.09. The summed E-state index contributed by atoms with van der Waals surface area (Å²) in [5.41, 5.74) is -0.324. The van der Waals surface area contributed by atoms with Gasteiger partial charge in [-0.3, -0.25) is 4.72 Å². The third-order valence-corrected chi connectivity index (χ3v) is 8.18. The first kappa shape index (κ1) is 27.5. The summed E-state index contributed by atoms with van der Waals surface area (Å²) in [6, 6.07) is 7.54. The summed E-state index contributed by atoms with van der Waals surface area (Å²) in [5.74, 6) is -4.19. The van der Waals surface area contributed by atoms with Crippen molar-refractivity contribution in [2.24, 2.45) is 5.92 Å². The lowest BCUT2D eigenvalue weighted by Gasteiger charge is -2.36. The summed E-state index contributed by atoms with van der Waals surface area (Å²) >= 11 is 12.3. The van der Waals surface area contributed by atoms with Crippen molar-refractivity contribution in [1.82, 2.24) is 9.88 Å². The van der Waals surface area contributed by atoms with Gasteiger partial charge >= 0.3 is 6.09 Å². The number of H-pyrrole nitrogens is 1. The Morgan fingerprint density at radius 1 is 1.05 bits per heavy atom. The molecule has 0 bridgehead atoms. The molecule has 12 heteroatoms. The molecule has 0 atom stereocenters. The van der Waals surface area contributed by atoms with Gasteiger partial charge in [0.05, 0.1) is 26.1 Å². The van der Waals surface area contributed by atoms with Crippen LogP contribution in [0.15, 0.2) is 47.5 Å². The molecule has 2 aromatic carbocycles. The molecule has 3 aromatic rings. The van der Waals surface area contributed by atoms with Crippen molar-refractivity contribution >= 4 is 55.9 Å². The zero-order chi connectivity index (χ0) is 27.2. The Kier molecular flexibility index (Phi) is 7.40. The molecule has 1 amide bonds. The molecule has 0 spiro atoms. The van der Waals surface area contributed by atoms with Crippen LogP contribution in [0.1, 0.15) is 39.2 Å². The molecule has 0 aliphatic carbocycles. The molecular formula is C25H27Cl2F2N3O4S. The minimum atomic E-state index is -4.09. The number of aromatic nitrogens is 1. The number of rotatable bonds is 5. The van der Waals surface area contributed by atoms with Gasteiger partial charge in [0.2, 0.25) is 0 Å². The first-order valence-electron chi connectivity index (χ1n) is 11.6. The predicted molar refractivity (Wildman–Crippen MR) is 140 cm³/mol. The molecule has 1 aromatic heterocycles. The zero-order valence-electron chi connectivity index (χ0n) is 20.4. The second-order valence-electron chi connectivity index (χ2n) is 9.98. The van der Waals surface area contributed by atoms with Crippen LogP contribution in [-0.4, -0.2) is 43.1 Å². The third kappa shape index (κ3) is 5.81. The van der Waals surface area contributed by atoms with Gasteiger partial charge in [-0.05, 0) is 57.9 Å². The van der Waals surface area contributed by atoms with Gasteiger partial charge < -0.3 is 14.6 Å². The van der Waals surface area contributed by atoms with E-state index in [1.165, 1.54) is 23.2 Å². The van der Waals surface area contributed by atoms with Gasteiger partial charge in [0.1, 0.15) is 5.60 Å². The Balaban J connectivity index is 1.46. The highest BCUT2D eigenvalue weighted by atomic mass is 35.5. The number of benzene rings is 2. The molecule has 1 fully saturated rings. The van der Waals surface area contributed by atoms with Crippen LogP contribution in [0.2, 0.25) is 10.0 Å². The highest BCUT2D eigenvalue weighted by Gasteiger charge is 2.43. The van der Waals surface area contributed by atoms with Crippen LogP contribution in [-0.2, 0) is 20.7 Å². The number of carbonyl (C=O) groups excluding carboxylic acids is 1. The van der Waals surface area contributed by atoms with E-state index in [4.69, 9.17) is 27.9 Å². The number of ether oxygens (including phenoxy) is 1. The van der Waals surface area contributed by atoms with Crippen LogP contribution in [0.5, 0.6) is 0 Å². The van der Waals surface area contributed by atoms with Gasteiger partial charge in [-0.15, -0.1) is 0 Å². The maximum atomic E-state index is 15.3. The van der Waals surface area contributed by atoms with E-state index in [-0.39, 0.29) is 42.1 Å². The fourth-order valence-electron chi connectivity index (χ4n) is 4.30. The molecule has 4 rings (SSSR count). The van der Waals surface area contributed by atoms with Gasteiger partial charge in [-0.2, -0.15) is 0 Å². The number of nitrogens with zero attached hydrogens (tertiary/aromatic N) is 1. The highest BCUT2D eigenvalue weighted by Crippen LogP contribution is 2.42. The summed E-state index contributed by atoms with van der Waals surface area (Å²) < 4.78 is 64.3. The number of aromatic amines is 1. The minimum absolute atomic E-state index is 0.0963. The normalized spacial score (nSPS) is 15.7. The van der Waals surface area contributed by atoms with Crippen molar-refractivity contribution in [2.75, 3.05) is 17.8 Å². The fourth-order valence-corrected chi connectivity index (χ4v) is 5.93. The maximum Gasteiger partial charge on any atom is 0.410 e. The number of piperidine rings is 1. The largest absolute Gasteiger partial charge is 0.444 e. The summed E-state index contributed by atoms with van der Waals surface area (Å²) in [4.78, 5) is 16.4. The lowest BCUT2D eigenvalue weighted by atomic mass is 9.86. The Labute approximate surface area is 224 Å². The van der Waals surface area contributed by atoms with Gasteiger partial charge in [0.15, 0.2) is 0 Å². The Morgan fingerprint density at radius 3 is 2.27 bits per heavy atom. The molecule has 1 saturated heterocycles. The molecule has 0 saturated carbocycles. The number of alkyl halides is 2. The lowest BCUT2D eigenvalue weighted by Crippen LogP contribution is -2.44. The molecule has 2 heterocycles. The first-order chi connectivity index (χ1) is 17.2. The molecule has 7 nitrogen and oxygen atoms in total. The van der Waals surface area contributed by atoms with Crippen molar-refractivity contribution in [2.45, 2.75) is 50.0 Å². The number of fused-ring (bicyclic) bond motifs is 1. The number of carbonyl (C=O) groups is 1. The second-order valence-corrected chi connectivity index (χ2v) is 12.5. The van der Waals surface area contributed by atoms with Crippen LogP contribution >= 0.6 is 23.2 Å². The Bertz CT molecular complexity index is 1410. The van der Waals surface area contributed by atoms with Crippen molar-refractivity contribution in [3.63, 3.8) is 0 Å². The monoisotopic (exact) mass is 573 g/mol.